The second-order valence-electron chi connectivity index (χ2n) is 9.00. The van der Waals surface area contributed by atoms with E-state index in [0.717, 1.165) is 17.2 Å². The third-order valence-electron chi connectivity index (χ3n) is 6.44. The highest BCUT2D eigenvalue weighted by atomic mass is 16.5. The molecule has 1 aliphatic heterocycles. The molecule has 1 atom stereocenters. The maximum Gasteiger partial charge on any atom is 0.256 e. The van der Waals surface area contributed by atoms with E-state index in [-0.39, 0.29) is 17.4 Å². The molecule has 0 radical (unpaired) electrons. The van der Waals surface area contributed by atoms with Crippen LogP contribution in [0, 0.1) is 11.3 Å². The lowest BCUT2D eigenvalue weighted by atomic mass is 9.82. The van der Waals surface area contributed by atoms with Crippen LogP contribution in [0.15, 0.2) is 29.3 Å². The summed E-state index contributed by atoms with van der Waals surface area (Å²) in [5.74, 6) is 1.90. The lowest BCUT2D eigenvalue weighted by Gasteiger charge is -2.29. The molecule has 2 aromatic rings. The minimum atomic E-state index is 0.0182. The van der Waals surface area contributed by atoms with Gasteiger partial charge in [-0.05, 0) is 54.3 Å². The van der Waals surface area contributed by atoms with E-state index in [1.54, 1.807) is 7.11 Å². The number of ether oxygens (including phenoxy) is 2. The molecule has 0 aromatic heterocycles. The number of carbonyl (C=O) groups excluding carboxylic acids is 1. The van der Waals surface area contributed by atoms with Crippen molar-refractivity contribution >= 4 is 28.6 Å². The molecule has 0 aliphatic carbocycles. The Labute approximate surface area is 180 Å². The largest absolute Gasteiger partial charge is 0.493 e. The molecule has 0 saturated heterocycles. The first-order valence-electron chi connectivity index (χ1n) is 10.9. The molecule has 1 heterocycles. The van der Waals surface area contributed by atoms with Crippen molar-refractivity contribution in [3.05, 3.63) is 29.8 Å². The predicted octanol–water partition coefficient (Wildman–Crippen LogP) is 5.87. The Bertz CT molecular complexity index is 963. The van der Waals surface area contributed by atoms with Crippen molar-refractivity contribution in [2.75, 3.05) is 20.3 Å². The number of methoxy groups -OCH3 is 1. The Kier molecular flexibility index (Phi) is 6.39. The van der Waals surface area contributed by atoms with Crippen molar-refractivity contribution in [1.82, 2.24) is 4.90 Å². The first-order chi connectivity index (χ1) is 14.2. The minimum absolute atomic E-state index is 0.0182. The molecule has 0 N–H and O–H groups in total. The van der Waals surface area contributed by atoms with Gasteiger partial charge in [0.25, 0.3) is 5.91 Å². The molecule has 1 amide bonds. The number of aliphatic imine (C=N–C) groups is 1. The van der Waals surface area contributed by atoms with Crippen molar-refractivity contribution in [2.45, 2.75) is 54.0 Å². The van der Waals surface area contributed by atoms with Crippen LogP contribution in [0.2, 0.25) is 0 Å². The first kappa shape index (κ1) is 22.1. The second-order valence-corrected chi connectivity index (χ2v) is 9.00. The summed E-state index contributed by atoms with van der Waals surface area (Å²) in [6.45, 7) is 14.1. The molecule has 3 rings (SSSR count). The summed E-state index contributed by atoms with van der Waals surface area (Å²) < 4.78 is 11.8. The van der Waals surface area contributed by atoms with Crippen LogP contribution in [-0.4, -0.2) is 43.3 Å². The Morgan fingerprint density at radius 1 is 1.10 bits per heavy atom. The summed E-state index contributed by atoms with van der Waals surface area (Å²) in [4.78, 5) is 19.7. The zero-order valence-electron chi connectivity index (χ0n) is 19.3. The summed E-state index contributed by atoms with van der Waals surface area (Å²) >= 11 is 0. The summed E-state index contributed by atoms with van der Waals surface area (Å²) in [7, 11) is 1.65. The third kappa shape index (κ3) is 4.16. The number of benzene rings is 2. The average molecular weight is 411 g/mol. The monoisotopic (exact) mass is 410 g/mol. The number of fused-ring (bicyclic) bond motifs is 2. The van der Waals surface area contributed by atoms with E-state index in [9.17, 15) is 4.79 Å². The normalized spacial score (nSPS) is 16.7. The van der Waals surface area contributed by atoms with Crippen LogP contribution >= 0.6 is 0 Å². The van der Waals surface area contributed by atoms with Crippen LogP contribution in [-0.2, 0) is 0 Å². The van der Waals surface area contributed by atoms with Gasteiger partial charge >= 0.3 is 0 Å². The van der Waals surface area contributed by atoms with E-state index in [4.69, 9.17) is 9.47 Å². The number of rotatable bonds is 7. The molecule has 1 unspecified atom stereocenters. The molecule has 1 aliphatic rings. The Morgan fingerprint density at radius 3 is 2.37 bits per heavy atom. The molecule has 0 spiro atoms. The molecular weight excluding hydrogens is 376 g/mol. The van der Waals surface area contributed by atoms with Crippen molar-refractivity contribution in [3.8, 4) is 11.5 Å². The lowest BCUT2D eigenvalue weighted by molar-refractivity contribution is 0.0738. The maximum absolute atomic E-state index is 13.2. The van der Waals surface area contributed by atoms with E-state index < -0.39 is 0 Å². The summed E-state index contributed by atoms with van der Waals surface area (Å²) in [6, 6.07) is 7.86. The highest BCUT2D eigenvalue weighted by Crippen LogP contribution is 2.38. The van der Waals surface area contributed by atoms with Gasteiger partial charge in [-0.2, -0.15) is 0 Å². The van der Waals surface area contributed by atoms with Crippen LogP contribution in [0.4, 0.5) is 5.69 Å². The molecule has 0 fully saturated rings. The fourth-order valence-corrected chi connectivity index (χ4v) is 3.53. The van der Waals surface area contributed by atoms with Crippen LogP contribution in [0.25, 0.3) is 10.8 Å². The standard InChI is InChI=1S/C25H34N2O3/c1-8-19-14-26-21-11-18-12-22(29-7)23(30-15-25(5,6)16(3)4)13-17(18)10-20(21)24(28)27(19)9-2/h10-14,16,19H,8-9,15H2,1-7H3. The van der Waals surface area contributed by atoms with E-state index in [2.05, 4.69) is 39.6 Å². The quantitative estimate of drug-likeness (QED) is 0.574. The topological polar surface area (TPSA) is 51.1 Å². The smallest absolute Gasteiger partial charge is 0.256 e. The number of amides is 1. The van der Waals surface area contributed by atoms with Gasteiger partial charge in [0, 0.05) is 18.2 Å². The zero-order chi connectivity index (χ0) is 22.1. The summed E-state index contributed by atoms with van der Waals surface area (Å²) in [6.07, 6.45) is 2.73. The highest BCUT2D eigenvalue weighted by molar-refractivity contribution is 6.06. The first-order valence-corrected chi connectivity index (χ1v) is 10.9. The molecule has 0 saturated carbocycles. The Hall–Kier alpha value is -2.56. The molecule has 0 bridgehead atoms. The number of nitrogens with zero attached hydrogens (tertiary/aromatic N) is 2. The number of hydrogen-bond donors (Lipinski definition) is 0. The molecule has 30 heavy (non-hydrogen) atoms. The Morgan fingerprint density at radius 2 is 1.77 bits per heavy atom. The fourth-order valence-electron chi connectivity index (χ4n) is 3.53. The predicted molar refractivity (Wildman–Crippen MR) is 124 cm³/mol. The van der Waals surface area contributed by atoms with Gasteiger partial charge in [-0.3, -0.25) is 9.79 Å². The highest BCUT2D eigenvalue weighted by Gasteiger charge is 2.27. The number of carbonyl (C=O) groups is 1. The Balaban J connectivity index is 2.05. The molecular formula is C25H34N2O3. The van der Waals surface area contributed by atoms with E-state index in [0.29, 0.717) is 41.8 Å². The molecule has 162 valence electrons. The van der Waals surface area contributed by atoms with Gasteiger partial charge in [-0.25, -0.2) is 0 Å². The van der Waals surface area contributed by atoms with Crippen molar-refractivity contribution < 1.29 is 14.3 Å². The maximum atomic E-state index is 13.2. The average Bonchev–Trinajstić information content (AvgIpc) is 2.85. The van der Waals surface area contributed by atoms with Crippen LogP contribution in [0.3, 0.4) is 0 Å². The van der Waals surface area contributed by atoms with Crippen molar-refractivity contribution in [2.24, 2.45) is 16.3 Å². The lowest BCUT2D eigenvalue weighted by Crippen LogP contribution is -2.39. The van der Waals surface area contributed by atoms with Gasteiger partial charge in [0.15, 0.2) is 11.5 Å². The van der Waals surface area contributed by atoms with Gasteiger partial charge in [-0.15, -0.1) is 0 Å². The third-order valence-corrected chi connectivity index (χ3v) is 6.44. The van der Waals surface area contributed by atoms with Crippen molar-refractivity contribution in [3.63, 3.8) is 0 Å². The van der Waals surface area contributed by atoms with Crippen LogP contribution < -0.4 is 9.47 Å². The molecule has 5 heteroatoms. The minimum Gasteiger partial charge on any atom is -0.493 e. The van der Waals surface area contributed by atoms with E-state index in [1.807, 2.05) is 42.3 Å². The van der Waals surface area contributed by atoms with Crippen LogP contribution in [0.5, 0.6) is 11.5 Å². The van der Waals surface area contributed by atoms with E-state index in [1.165, 1.54) is 0 Å². The van der Waals surface area contributed by atoms with Gasteiger partial charge in [0.1, 0.15) is 0 Å². The number of hydrogen-bond acceptors (Lipinski definition) is 4. The van der Waals surface area contributed by atoms with Gasteiger partial charge in [0.05, 0.1) is 31.0 Å². The van der Waals surface area contributed by atoms with Gasteiger partial charge in [0.2, 0.25) is 0 Å². The second kappa shape index (κ2) is 8.66. The van der Waals surface area contributed by atoms with Crippen molar-refractivity contribution in [1.29, 1.82) is 0 Å². The summed E-state index contributed by atoms with van der Waals surface area (Å²) in [5.41, 5.74) is 1.38. The fraction of sp³-hybridized carbons (Fsp3) is 0.520. The molecule has 5 nitrogen and oxygen atoms in total. The van der Waals surface area contributed by atoms with E-state index >= 15 is 0 Å². The summed E-state index contributed by atoms with van der Waals surface area (Å²) in [5, 5.41) is 1.92. The van der Waals surface area contributed by atoms with Gasteiger partial charge in [-0.1, -0.05) is 34.6 Å². The van der Waals surface area contributed by atoms with Crippen LogP contribution in [0.1, 0.15) is 58.3 Å². The SMILES string of the molecule is CCC1C=Nc2cc3cc(OC)c(OCC(C)(C)C(C)C)cc3cc2C(=O)N1CC. The zero-order valence-corrected chi connectivity index (χ0v) is 19.3. The molecule has 2 aromatic carbocycles. The van der Waals surface area contributed by atoms with Gasteiger partial charge < -0.3 is 14.4 Å².